The Kier molecular flexibility index (Phi) is 4.39. The van der Waals surface area contributed by atoms with E-state index in [0.29, 0.717) is 11.3 Å². The maximum absolute atomic E-state index is 9.02. The Labute approximate surface area is 126 Å². The van der Waals surface area contributed by atoms with E-state index < -0.39 is 0 Å². The van der Waals surface area contributed by atoms with Crippen LogP contribution in [-0.2, 0) is 6.54 Å². The zero-order chi connectivity index (χ0) is 14.7. The summed E-state index contributed by atoms with van der Waals surface area (Å²) in [5, 5.41) is 12.4. The molecule has 112 valence electrons. The summed E-state index contributed by atoms with van der Waals surface area (Å²) < 4.78 is 5.28. The minimum absolute atomic E-state index is 0.601. The zero-order valence-corrected chi connectivity index (χ0v) is 12.5. The molecule has 0 amide bonds. The highest BCUT2D eigenvalue weighted by molar-refractivity contribution is 5.45. The molecule has 3 rings (SSSR count). The van der Waals surface area contributed by atoms with Crippen LogP contribution < -0.4 is 10.1 Å². The van der Waals surface area contributed by atoms with Gasteiger partial charge in [-0.15, -0.1) is 0 Å². The van der Waals surface area contributed by atoms with Crippen molar-refractivity contribution in [3.8, 4) is 11.8 Å². The van der Waals surface area contributed by atoms with Gasteiger partial charge < -0.3 is 10.1 Å². The molecule has 0 spiro atoms. The number of benzene rings is 1. The highest BCUT2D eigenvalue weighted by Crippen LogP contribution is 2.21. The van der Waals surface area contributed by atoms with E-state index in [9.17, 15) is 0 Å². The van der Waals surface area contributed by atoms with Gasteiger partial charge in [0.2, 0.25) is 0 Å². The quantitative estimate of drug-likeness (QED) is 0.881. The molecule has 0 radical (unpaired) electrons. The first-order valence-corrected chi connectivity index (χ1v) is 7.54. The topological polar surface area (TPSA) is 51.5 Å². The normalized spacial score (nSPS) is 20.8. The summed E-state index contributed by atoms with van der Waals surface area (Å²) in [7, 11) is 1.62. The van der Waals surface area contributed by atoms with Crippen molar-refractivity contribution >= 4 is 0 Å². The summed E-state index contributed by atoms with van der Waals surface area (Å²) in [5.41, 5.74) is 1.81. The van der Waals surface area contributed by atoms with Gasteiger partial charge in [0, 0.05) is 51.9 Å². The standard InChI is InChI=1S/C16H22N4O/c1-21-16-8-13(2-3-14(16)9-17)12-19-4-6-20(7-5-19)15-10-18-11-15/h2-3,8,15,18H,4-7,10-12H2,1H3. The van der Waals surface area contributed by atoms with E-state index in [0.717, 1.165) is 51.9 Å². The molecule has 1 aromatic carbocycles. The van der Waals surface area contributed by atoms with Crippen LogP contribution in [0.4, 0.5) is 0 Å². The number of rotatable bonds is 4. The number of hydrogen-bond donors (Lipinski definition) is 1. The Hall–Kier alpha value is -1.61. The first-order chi connectivity index (χ1) is 10.3. The lowest BCUT2D eigenvalue weighted by molar-refractivity contribution is 0.0695. The zero-order valence-electron chi connectivity index (χ0n) is 12.5. The maximum Gasteiger partial charge on any atom is 0.136 e. The van der Waals surface area contributed by atoms with E-state index in [1.807, 2.05) is 18.2 Å². The molecule has 2 fully saturated rings. The molecule has 1 N–H and O–H groups in total. The second kappa shape index (κ2) is 6.44. The Morgan fingerprint density at radius 1 is 1.29 bits per heavy atom. The molecule has 0 unspecified atom stereocenters. The lowest BCUT2D eigenvalue weighted by Gasteiger charge is -2.43. The van der Waals surface area contributed by atoms with Crippen LogP contribution in [0, 0.1) is 11.3 Å². The first kappa shape index (κ1) is 14.3. The van der Waals surface area contributed by atoms with E-state index in [1.54, 1.807) is 7.11 Å². The summed E-state index contributed by atoms with van der Waals surface area (Å²) in [6.07, 6.45) is 0. The Balaban J connectivity index is 1.56. The van der Waals surface area contributed by atoms with Crippen molar-refractivity contribution in [1.82, 2.24) is 15.1 Å². The van der Waals surface area contributed by atoms with Gasteiger partial charge in [-0.3, -0.25) is 9.80 Å². The molecule has 0 aromatic heterocycles. The van der Waals surface area contributed by atoms with E-state index in [4.69, 9.17) is 10.00 Å². The van der Waals surface area contributed by atoms with Gasteiger partial charge in [0.25, 0.3) is 0 Å². The maximum atomic E-state index is 9.02. The lowest BCUT2D eigenvalue weighted by atomic mass is 10.1. The van der Waals surface area contributed by atoms with E-state index >= 15 is 0 Å². The molecule has 2 saturated heterocycles. The molecular formula is C16H22N4O. The monoisotopic (exact) mass is 286 g/mol. The van der Waals surface area contributed by atoms with Gasteiger partial charge in [0.1, 0.15) is 11.8 Å². The fraction of sp³-hybridized carbons (Fsp3) is 0.562. The molecule has 1 aromatic rings. The van der Waals surface area contributed by atoms with Crippen LogP contribution in [0.5, 0.6) is 5.75 Å². The van der Waals surface area contributed by atoms with Crippen LogP contribution in [-0.4, -0.2) is 62.2 Å². The Morgan fingerprint density at radius 3 is 2.62 bits per heavy atom. The van der Waals surface area contributed by atoms with Gasteiger partial charge in [-0.25, -0.2) is 0 Å². The van der Waals surface area contributed by atoms with Gasteiger partial charge in [-0.1, -0.05) is 6.07 Å². The number of nitriles is 1. The summed E-state index contributed by atoms with van der Waals surface area (Å²) in [6, 6.07) is 8.78. The Bertz CT molecular complexity index is 528. The molecule has 0 aliphatic carbocycles. The molecule has 2 aliphatic heterocycles. The van der Waals surface area contributed by atoms with E-state index in [-0.39, 0.29) is 0 Å². The fourth-order valence-corrected chi connectivity index (χ4v) is 3.00. The first-order valence-electron chi connectivity index (χ1n) is 7.54. The number of hydrogen-bond acceptors (Lipinski definition) is 5. The van der Waals surface area contributed by atoms with E-state index in [1.165, 1.54) is 5.56 Å². The average Bonchev–Trinajstić information content (AvgIpc) is 2.47. The summed E-state index contributed by atoms with van der Waals surface area (Å²) >= 11 is 0. The number of ether oxygens (including phenoxy) is 1. The van der Waals surface area contributed by atoms with Gasteiger partial charge >= 0.3 is 0 Å². The minimum atomic E-state index is 0.601. The second-order valence-corrected chi connectivity index (χ2v) is 5.77. The van der Waals surface area contributed by atoms with Crippen molar-refractivity contribution < 1.29 is 4.74 Å². The number of nitrogens with zero attached hydrogens (tertiary/aromatic N) is 3. The molecular weight excluding hydrogens is 264 g/mol. The molecule has 0 atom stereocenters. The third kappa shape index (κ3) is 3.18. The van der Waals surface area contributed by atoms with Crippen LogP contribution in [0.2, 0.25) is 0 Å². The molecule has 2 heterocycles. The molecule has 2 aliphatic rings. The fourth-order valence-electron chi connectivity index (χ4n) is 3.00. The lowest BCUT2D eigenvalue weighted by Crippen LogP contribution is -2.61. The predicted molar refractivity (Wildman–Crippen MR) is 81.2 cm³/mol. The number of piperazine rings is 1. The number of methoxy groups -OCH3 is 1. The average molecular weight is 286 g/mol. The molecule has 5 nitrogen and oxygen atoms in total. The van der Waals surface area contributed by atoms with Crippen molar-refractivity contribution in [2.75, 3.05) is 46.4 Å². The van der Waals surface area contributed by atoms with Crippen LogP contribution in [0.25, 0.3) is 0 Å². The van der Waals surface area contributed by atoms with Crippen LogP contribution in [0.1, 0.15) is 11.1 Å². The molecule has 0 saturated carbocycles. The van der Waals surface area contributed by atoms with Gasteiger partial charge in [0.15, 0.2) is 0 Å². The van der Waals surface area contributed by atoms with Gasteiger partial charge in [-0.05, 0) is 17.7 Å². The largest absolute Gasteiger partial charge is 0.495 e. The van der Waals surface area contributed by atoms with Crippen LogP contribution in [0.15, 0.2) is 18.2 Å². The third-order valence-corrected chi connectivity index (χ3v) is 4.48. The predicted octanol–water partition coefficient (Wildman–Crippen LogP) is 0.656. The molecule has 5 heteroatoms. The van der Waals surface area contributed by atoms with Gasteiger partial charge in [0.05, 0.1) is 12.7 Å². The smallest absolute Gasteiger partial charge is 0.136 e. The number of nitrogens with one attached hydrogen (secondary N) is 1. The summed E-state index contributed by atoms with van der Waals surface area (Å²) in [6.45, 7) is 7.75. The van der Waals surface area contributed by atoms with Crippen molar-refractivity contribution in [1.29, 1.82) is 5.26 Å². The second-order valence-electron chi connectivity index (χ2n) is 5.77. The van der Waals surface area contributed by atoms with Crippen LogP contribution in [0.3, 0.4) is 0 Å². The third-order valence-electron chi connectivity index (χ3n) is 4.48. The van der Waals surface area contributed by atoms with Crippen molar-refractivity contribution in [2.24, 2.45) is 0 Å². The van der Waals surface area contributed by atoms with E-state index in [2.05, 4.69) is 21.2 Å². The van der Waals surface area contributed by atoms with Crippen LogP contribution >= 0.6 is 0 Å². The highest BCUT2D eigenvalue weighted by atomic mass is 16.5. The summed E-state index contributed by atoms with van der Waals surface area (Å²) in [5.74, 6) is 0.675. The van der Waals surface area contributed by atoms with Crippen molar-refractivity contribution in [3.63, 3.8) is 0 Å². The van der Waals surface area contributed by atoms with Crippen molar-refractivity contribution in [3.05, 3.63) is 29.3 Å². The molecule has 21 heavy (non-hydrogen) atoms. The summed E-state index contributed by atoms with van der Waals surface area (Å²) in [4.78, 5) is 5.07. The minimum Gasteiger partial charge on any atom is -0.495 e. The van der Waals surface area contributed by atoms with Crippen molar-refractivity contribution in [2.45, 2.75) is 12.6 Å². The SMILES string of the molecule is COc1cc(CN2CCN(C3CNC3)CC2)ccc1C#N. The Morgan fingerprint density at radius 2 is 2.05 bits per heavy atom. The highest BCUT2D eigenvalue weighted by Gasteiger charge is 2.27. The molecule has 0 bridgehead atoms. The van der Waals surface area contributed by atoms with Gasteiger partial charge in [-0.2, -0.15) is 5.26 Å².